The molecule has 122 valence electrons. The maximum atomic E-state index is 12.8. The van der Waals surface area contributed by atoms with E-state index in [4.69, 9.17) is 10.2 Å². The van der Waals surface area contributed by atoms with Crippen molar-refractivity contribution < 1.29 is 14.0 Å². The summed E-state index contributed by atoms with van der Waals surface area (Å²) < 4.78 is 5.84. The number of carbonyl (C=O) groups is 2. The number of para-hydroxylation sites is 1. The van der Waals surface area contributed by atoms with Gasteiger partial charge in [0.25, 0.3) is 5.91 Å². The zero-order chi connectivity index (χ0) is 16.4. The molecule has 2 amide bonds. The topological polar surface area (TPSA) is 76.5 Å². The summed E-state index contributed by atoms with van der Waals surface area (Å²) in [5, 5.41) is 0.997. The van der Waals surface area contributed by atoms with Gasteiger partial charge in [0.05, 0.1) is 0 Å². The van der Waals surface area contributed by atoms with Gasteiger partial charge in [0, 0.05) is 35.7 Å². The van der Waals surface area contributed by atoms with Crippen LogP contribution < -0.4 is 5.73 Å². The molecule has 1 aromatic heterocycles. The number of benzene rings is 1. The highest BCUT2D eigenvalue weighted by Crippen LogP contribution is 2.30. The van der Waals surface area contributed by atoms with E-state index in [1.54, 1.807) is 16.7 Å². The summed E-state index contributed by atoms with van der Waals surface area (Å²) in [6.45, 7) is 1.09. The molecule has 2 N–H and O–H groups in total. The molecular weight excluding hydrogens is 312 g/mol. The third kappa shape index (κ3) is 3.08. The molecule has 1 aliphatic heterocycles. The number of rotatable bonds is 4. The van der Waals surface area contributed by atoms with Gasteiger partial charge in [-0.05, 0) is 25.2 Å². The van der Waals surface area contributed by atoms with Crippen LogP contribution in [0.2, 0.25) is 0 Å². The zero-order valence-electron chi connectivity index (χ0n) is 13.1. The van der Waals surface area contributed by atoms with Gasteiger partial charge in [0.15, 0.2) is 5.76 Å². The van der Waals surface area contributed by atoms with E-state index in [-0.39, 0.29) is 17.7 Å². The molecule has 0 radical (unpaired) electrons. The first-order chi connectivity index (χ1) is 11.1. The number of furan rings is 1. The number of thioether (sulfide) groups is 1. The molecule has 0 aliphatic carbocycles. The molecule has 3 rings (SSSR count). The Bertz CT molecular complexity index is 733. The van der Waals surface area contributed by atoms with Crippen molar-refractivity contribution in [2.75, 3.05) is 19.3 Å². The van der Waals surface area contributed by atoms with Crippen LogP contribution in [0.25, 0.3) is 11.0 Å². The lowest BCUT2D eigenvalue weighted by Gasteiger charge is -2.30. The predicted molar refractivity (Wildman–Crippen MR) is 91.3 cm³/mol. The van der Waals surface area contributed by atoms with E-state index in [0.29, 0.717) is 31.7 Å². The molecule has 23 heavy (non-hydrogen) atoms. The van der Waals surface area contributed by atoms with Crippen molar-refractivity contribution in [3.05, 3.63) is 35.6 Å². The third-order valence-corrected chi connectivity index (χ3v) is 4.94. The Balaban J connectivity index is 1.86. The number of hydrogen-bond acceptors (Lipinski definition) is 4. The SMILES string of the molecule is CSCc1c(C(=O)N2CCC(C(N)=O)CC2)oc2ccccc12. The molecule has 0 atom stereocenters. The number of fused-ring (bicyclic) bond motifs is 1. The number of nitrogens with two attached hydrogens (primary N) is 1. The lowest BCUT2D eigenvalue weighted by Crippen LogP contribution is -2.41. The van der Waals surface area contributed by atoms with Gasteiger partial charge >= 0.3 is 0 Å². The van der Waals surface area contributed by atoms with E-state index in [1.807, 2.05) is 30.5 Å². The molecule has 0 unspecified atom stereocenters. The standard InChI is InChI=1S/C17H20N2O3S/c1-23-10-13-12-4-2-3-5-14(12)22-15(13)17(21)19-8-6-11(7-9-19)16(18)20/h2-5,11H,6-10H2,1H3,(H2,18,20). The summed E-state index contributed by atoms with van der Waals surface area (Å²) >= 11 is 1.66. The molecule has 0 spiro atoms. The van der Waals surface area contributed by atoms with Gasteiger partial charge < -0.3 is 15.1 Å². The van der Waals surface area contributed by atoms with Crippen molar-refractivity contribution in [1.29, 1.82) is 0 Å². The second-order valence-electron chi connectivity index (χ2n) is 5.81. The molecule has 0 saturated carbocycles. The average Bonchev–Trinajstić information content (AvgIpc) is 2.93. The fourth-order valence-corrected chi connectivity index (χ4v) is 3.65. The zero-order valence-corrected chi connectivity index (χ0v) is 13.9. The van der Waals surface area contributed by atoms with Gasteiger partial charge in [0.1, 0.15) is 5.58 Å². The van der Waals surface area contributed by atoms with Crippen LogP contribution in [0.4, 0.5) is 0 Å². The van der Waals surface area contributed by atoms with Crippen molar-refractivity contribution >= 4 is 34.5 Å². The number of piperidine rings is 1. The highest BCUT2D eigenvalue weighted by molar-refractivity contribution is 7.97. The van der Waals surface area contributed by atoms with Crippen molar-refractivity contribution in [3.8, 4) is 0 Å². The van der Waals surface area contributed by atoms with E-state index in [0.717, 1.165) is 22.3 Å². The van der Waals surface area contributed by atoms with Crippen LogP contribution in [-0.2, 0) is 10.5 Å². The number of likely N-dealkylation sites (tertiary alicyclic amines) is 1. The van der Waals surface area contributed by atoms with Crippen molar-refractivity contribution in [3.63, 3.8) is 0 Å². The van der Waals surface area contributed by atoms with Crippen LogP contribution in [0.15, 0.2) is 28.7 Å². The normalized spacial score (nSPS) is 16.0. The minimum absolute atomic E-state index is 0.0897. The Kier molecular flexibility index (Phi) is 4.61. The largest absolute Gasteiger partial charge is 0.451 e. The molecule has 2 aromatic rings. The first-order valence-electron chi connectivity index (χ1n) is 7.69. The number of primary amides is 1. The number of carbonyl (C=O) groups excluding carboxylic acids is 2. The number of hydrogen-bond donors (Lipinski definition) is 1. The third-order valence-electron chi connectivity index (χ3n) is 4.37. The summed E-state index contributed by atoms with van der Waals surface area (Å²) in [6.07, 6.45) is 3.26. The Morgan fingerprint density at radius 1 is 1.30 bits per heavy atom. The van der Waals surface area contributed by atoms with Crippen LogP contribution >= 0.6 is 11.8 Å². The lowest BCUT2D eigenvalue weighted by molar-refractivity contribution is -0.123. The van der Waals surface area contributed by atoms with Crippen LogP contribution in [0.1, 0.15) is 29.0 Å². The lowest BCUT2D eigenvalue weighted by atomic mass is 9.96. The summed E-state index contributed by atoms with van der Waals surface area (Å²) in [5.74, 6) is 0.672. The van der Waals surface area contributed by atoms with Crippen molar-refractivity contribution in [2.24, 2.45) is 11.7 Å². The second kappa shape index (κ2) is 6.66. The van der Waals surface area contributed by atoms with Gasteiger partial charge in [-0.3, -0.25) is 9.59 Å². The van der Waals surface area contributed by atoms with E-state index in [2.05, 4.69) is 0 Å². The molecule has 1 saturated heterocycles. The van der Waals surface area contributed by atoms with Gasteiger partial charge in [-0.1, -0.05) is 18.2 Å². The first kappa shape index (κ1) is 15.9. The summed E-state index contributed by atoms with van der Waals surface area (Å²) in [6, 6.07) is 7.73. The van der Waals surface area contributed by atoms with Crippen molar-refractivity contribution in [2.45, 2.75) is 18.6 Å². The van der Waals surface area contributed by atoms with Crippen LogP contribution in [0.3, 0.4) is 0 Å². The van der Waals surface area contributed by atoms with Crippen LogP contribution in [0.5, 0.6) is 0 Å². The fraction of sp³-hybridized carbons (Fsp3) is 0.412. The monoisotopic (exact) mass is 332 g/mol. The Hall–Kier alpha value is -1.95. The quantitative estimate of drug-likeness (QED) is 0.934. The van der Waals surface area contributed by atoms with Gasteiger partial charge in [-0.2, -0.15) is 11.8 Å². The Morgan fingerprint density at radius 3 is 2.65 bits per heavy atom. The van der Waals surface area contributed by atoms with E-state index >= 15 is 0 Å². The van der Waals surface area contributed by atoms with Crippen LogP contribution in [-0.4, -0.2) is 36.1 Å². The molecule has 1 aromatic carbocycles. The molecule has 0 bridgehead atoms. The Morgan fingerprint density at radius 2 is 2.00 bits per heavy atom. The molecular formula is C17H20N2O3S. The van der Waals surface area contributed by atoms with Crippen LogP contribution in [0, 0.1) is 5.92 Å². The van der Waals surface area contributed by atoms with Gasteiger partial charge in [-0.25, -0.2) is 0 Å². The first-order valence-corrected chi connectivity index (χ1v) is 9.09. The van der Waals surface area contributed by atoms with Gasteiger partial charge in [-0.15, -0.1) is 0 Å². The summed E-state index contributed by atoms with van der Waals surface area (Å²) in [4.78, 5) is 25.9. The molecule has 2 heterocycles. The fourth-order valence-electron chi connectivity index (χ4n) is 3.07. The maximum Gasteiger partial charge on any atom is 0.289 e. The predicted octanol–water partition coefficient (Wildman–Crippen LogP) is 2.63. The van der Waals surface area contributed by atoms with E-state index in [9.17, 15) is 9.59 Å². The van der Waals surface area contributed by atoms with E-state index < -0.39 is 0 Å². The smallest absolute Gasteiger partial charge is 0.289 e. The van der Waals surface area contributed by atoms with Gasteiger partial charge in [0.2, 0.25) is 5.91 Å². The minimum atomic E-state index is -0.274. The minimum Gasteiger partial charge on any atom is -0.451 e. The molecule has 6 heteroatoms. The number of amides is 2. The average molecular weight is 332 g/mol. The van der Waals surface area contributed by atoms with Crippen molar-refractivity contribution in [1.82, 2.24) is 4.90 Å². The second-order valence-corrected chi connectivity index (χ2v) is 6.67. The highest BCUT2D eigenvalue weighted by atomic mass is 32.2. The maximum absolute atomic E-state index is 12.8. The molecule has 1 aliphatic rings. The van der Waals surface area contributed by atoms with E-state index in [1.165, 1.54) is 0 Å². The summed E-state index contributed by atoms with van der Waals surface area (Å²) in [5.41, 5.74) is 7.05. The molecule has 5 nitrogen and oxygen atoms in total. The summed E-state index contributed by atoms with van der Waals surface area (Å²) in [7, 11) is 0. The highest BCUT2D eigenvalue weighted by Gasteiger charge is 2.30. The molecule has 1 fully saturated rings. The number of nitrogens with zero attached hydrogens (tertiary/aromatic N) is 1. The Labute approximate surface area is 139 Å².